The zero-order valence-electron chi connectivity index (χ0n) is 11.5. The lowest BCUT2D eigenvalue weighted by Crippen LogP contribution is -2.18. The first-order chi connectivity index (χ1) is 9.78. The van der Waals surface area contributed by atoms with E-state index in [4.69, 9.17) is 4.74 Å². The molecule has 0 spiro atoms. The molecular formula is C17H18FNO. The Balaban J connectivity index is 1.91. The molecule has 0 radical (unpaired) electrons. The fourth-order valence-corrected chi connectivity index (χ4v) is 2.82. The lowest BCUT2D eigenvalue weighted by atomic mass is 9.87. The third kappa shape index (κ3) is 2.48. The fourth-order valence-electron chi connectivity index (χ4n) is 2.82. The highest BCUT2D eigenvalue weighted by atomic mass is 19.1. The summed E-state index contributed by atoms with van der Waals surface area (Å²) in [5, 5.41) is 3.33. The molecule has 1 unspecified atom stereocenters. The molecule has 104 valence electrons. The summed E-state index contributed by atoms with van der Waals surface area (Å²) in [7, 11) is 1.67. The second-order valence-corrected chi connectivity index (χ2v) is 5.13. The van der Waals surface area contributed by atoms with Gasteiger partial charge < -0.3 is 10.1 Å². The number of aryl methyl sites for hydroxylation is 1. The topological polar surface area (TPSA) is 21.3 Å². The number of hydrogen-bond acceptors (Lipinski definition) is 2. The molecule has 2 aromatic carbocycles. The Morgan fingerprint density at radius 2 is 2.05 bits per heavy atom. The molecule has 0 heterocycles. The van der Waals surface area contributed by atoms with Crippen molar-refractivity contribution in [3.05, 3.63) is 59.4 Å². The largest absolute Gasteiger partial charge is 0.497 e. The van der Waals surface area contributed by atoms with Crippen molar-refractivity contribution in [1.29, 1.82) is 0 Å². The van der Waals surface area contributed by atoms with Gasteiger partial charge in [-0.1, -0.05) is 18.2 Å². The second kappa shape index (κ2) is 5.53. The Labute approximate surface area is 118 Å². The summed E-state index contributed by atoms with van der Waals surface area (Å²) in [6.45, 7) is 0. The number of para-hydroxylation sites is 1. The third-order valence-corrected chi connectivity index (χ3v) is 3.87. The minimum Gasteiger partial charge on any atom is -0.497 e. The third-order valence-electron chi connectivity index (χ3n) is 3.87. The van der Waals surface area contributed by atoms with Gasteiger partial charge in [0.25, 0.3) is 0 Å². The maximum Gasteiger partial charge on any atom is 0.146 e. The molecule has 20 heavy (non-hydrogen) atoms. The number of fused-ring (bicyclic) bond motifs is 1. The van der Waals surface area contributed by atoms with E-state index < -0.39 is 0 Å². The molecule has 0 saturated carbocycles. The van der Waals surface area contributed by atoms with E-state index in [1.54, 1.807) is 19.2 Å². The molecule has 1 N–H and O–H groups in total. The van der Waals surface area contributed by atoms with Gasteiger partial charge in [-0.25, -0.2) is 4.39 Å². The van der Waals surface area contributed by atoms with Crippen molar-refractivity contribution in [2.24, 2.45) is 0 Å². The van der Waals surface area contributed by atoms with E-state index in [0.29, 0.717) is 5.69 Å². The number of nitrogens with one attached hydrogen (secondary N) is 1. The molecule has 3 heteroatoms. The van der Waals surface area contributed by atoms with Gasteiger partial charge >= 0.3 is 0 Å². The number of ether oxygens (including phenoxy) is 1. The zero-order valence-corrected chi connectivity index (χ0v) is 11.5. The minimum atomic E-state index is -0.206. The van der Waals surface area contributed by atoms with Crippen LogP contribution in [0, 0.1) is 5.82 Å². The number of anilines is 1. The molecule has 2 aromatic rings. The van der Waals surface area contributed by atoms with Crippen molar-refractivity contribution in [3.63, 3.8) is 0 Å². The van der Waals surface area contributed by atoms with Gasteiger partial charge in [0.1, 0.15) is 11.6 Å². The van der Waals surface area contributed by atoms with Crippen LogP contribution in [0.2, 0.25) is 0 Å². The van der Waals surface area contributed by atoms with Crippen molar-refractivity contribution >= 4 is 5.69 Å². The Kier molecular flexibility index (Phi) is 3.59. The Morgan fingerprint density at radius 1 is 1.20 bits per heavy atom. The molecular weight excluding hydrogens is 253 g/mol. The summed E-state index contributed by atoms with van der Waals surface area (Å²) in [5.41, 5.74) is 3.11. The maximum absolute atomic E-state index is 13.8. The number of benzene rings is 2. The number of methoxy groups -OCH3 is 1. The highest BCUT2D eigenvalue weighted by Crippen LogP contribution is 2.35. The number of hydrogen-bond donors (Lipinski definition) is 1. The first kappa shape index (κ1) is 13.0. The van der Waals surface area contributed by atoms with Crippen LogP contribution >= 0.6 is 0 Å². The summed E-state index contributed by atoms with van der Waals surface area (Å²) in [4.78, 5) is 0. The molecule has 1 aliphatic rings. The Bertz CT molecular complexity index is 612. The first-order valence-electron chi connectivity index (χ1n) is 6.96. The second-order valence-electron chi connectivity index (χ2n) is 5.13. The van der Waals surface area contributed by atoms with Crippen LogP contribution in [0.5, 0.6) is 5.75 Å². The van der Waals surface area contributed by atoms with Crippen molar-refractivity contribution in [2.75, 3.05) is 12.4 Å². The van der Waals surface area contributed by atoms with E-state index in [1.165, 1.54) is 17.2 Å². The molecule has 0 aliphatic heterocycles. The van der Waals surface area contributed by atoms with E-state index in [-0.39, 0.29) is 11.9 Å². The molecule has 0 saturated heterocycles. The van der Waals surface area contributed by atoms with Crippen LogP contribution < -0.4 is 10.1 Å². The number of halogens is 1. The van der Waals surface area contributed by atoms with Gasteiger partial charge in [-0.2, -0.15) is 0 Å². The normalized spacial score (nSPS) is 17.4. The SMILES string of the molecule is COc1ccc2c(c1)C(Nc1ccccc1F)CCC2. The summed E-state index contributed by atoms with van der Waals surface area (Å²) in [5.74, 6) is 0.647. The van der Waals surface area contributed by atoms with Crippen molar-refractivity contribution in [1.82, 2.24) is 0 Å². The monoisotopic (exact) mass is 271 g/mol. The van der Waals surface area contributed by atoms with Gasteiger partial charge in [-0.3, -0.25) is 0 Å². The molecule has 2 nitrogen and oxygen atoms in total. The van der Waals surface area contributed by atoms with E-state index in [9.17, 15) is 4.39 Å². The van der Waals surface area contributed by atoms with Crippen LogP contribution in [0.3, 0.4) is 0 Å². The fraction of sp³-hybridized carbons (Fsp3) is 0.294. The lowest BCUT2D eigenvalue weighted by Gasteiger charge is -2.27. The average Bonchev–Trinajstić information content (AvgIpc) is 2.49. The van der Waals surface area contributed by atoms with E-state index in [2.05, 4.69) is 17.4 Å². The molecule has 0 amide bonds. The predicted octanol–water partition coefficient (Wildman–Crippen LogP) is 4.32. The van der Waals surface area contributed by atoms with Crippen molar-refractivity contribution in [2.45, 2.75) is 25.3 Å². The molecule has 0 fully saturated rings. The van der Waals surface area contributed by atoms with Gasteiger partial charge in [-0.15, -0.1) is 0 Å². The van der Waals surface area contributed by atoms with E-state index in [1.807, 2.05) is 12.1 Å². The van der Waals surface area contributed by atoms with Gasteiger partial charge in [0, 0.05) is 0 Å². The summed E-state index contributed by atoms with van der Waals surface area (Å²) >= 11 is 0. The lowest BCUT2D eigenvalue weighted by molar-refractivity contribution is 0.413. The first-order valence-corrected chi connectivity index (χ1v) is 6.96. The predicted molar refractivity (Wildman–Crippen MR) is 78.7 cm³/mol. The van der Waals surface area contributed by atoms with Crippen LogP contribution in [-0.4, -0.2) is 7.11 Å². The van der Waals surface area contributed by atoms with Crippen LogP contribution in [0.15, 0.2) is 42.5 Å². The van der Waals surface area contributed by atoms with Crippen LogP contribution in [-0.2, 0) is 6.42 Å². The Morgan fingerprint density at radius 3 is 2.85 bits per heavy atom. The van der Waals surface area contributed by atoms with Crippen LogP contribution in [0.25, 0.3) is 0 Å². The molecule has 1 atom stereocenters. The summed E-state index contributed by atoms with van der Waals surface area (Å²) in [6.07, 6.45) is 3.20. The standard InChI is InChI=1S/C17H18FNO/c1-20-13-10-9-12-5-4-8-16(14(12)11-13)19-17-7-3-2-6-15(17)18/h2-3,6-7,9-11,16,19H,4-5,8H2,1H3. The minimum absolute atomic E-state index is 0.144. The summed E-state index contributed by atoms with van der Waals surface area (Å²) < 4.78 is 19.1. The molecule has 0 aromatic heterocycles. The van der Waals surface area contributed by atoms with Crippen molar-refractivity contribution in [3.8, 4) is 5.75 Å². The smallest absolute Gasteiger partial charge is 0.146 e. The summed E-state index contributed by atoms with van der Waals surface area (Å²) in [6, 6.07) is 13.1. The van der Waals surface area contributed by atoms with E-state index >= 15 is 0 Å². The molecule has 0 bridgehead atoms. The Hall–Kier alpha value is -2.03. The van der Waals surface area contributed by atoms with E-state index in [0.717, 1.165) is 25.0 Å². The average molecular weight is 271 g/mol. The maximum atomic E-state index is 13.8. The van der Waals surface area contributed by atoms with Gasteiger partial charge in [0.2, 0.25) is 0 Å². The van der Waals surface area contributed by atoms with Crippen molar-refractivity contribution < 1.29 is 9.13 Å². The quantitative estimate of drug-likeness (QED) is 0.897. The molecule has 3 rings (SSSR count). The zero-order chi connectivity index (χ0) is 13.9. The van der Waals surface area contributed by atoms with Gasteiger partial charge in [0.15, 0.2) is 0 Å². The number of rotatable bonds is 3. The van der Waals surface area contributed by atoms with Crippen LogP contribution in [0.1, 0.15) is 30.0 Å². The molecule has 1 aliphatic carbocycles. The highest BCUT2D eigenvalue weighted by molar-refractivity contribution is 5.49. The highest BCUT2D eigenvalue weighted by Gasteiger charge is 2.21. The van der Waals surface area contributed by atoms with Crippen LogP contribution in [0.4, 0.5) is 10.1 Å². The van der Waals surface area contributed by atoms with Gasteiger partial charge in [0.05, 0.1) is 18.8 Å². The van der Waals surface area contributed by atoms with Gasteiger partial charge in [-0.05, 0) is 54.7 Å².